The first-order valence-corrected chi connectivity index (χ1v) is 10.8. The van der Waals surface area contributed by atoms with Crippen molar-refractivity contribution in [3.8, 4) is 22.6 Å². The van der Waals surface area contributed by atoms with Crippen molar-refractivity contribution in [3.05, 3.63) is 70.3 Å². The summed E-state index contributed by atoms with van der Waals surface area (Å²) in [6.45, 7) is 1.52. The quantitative estimate of drug-likeness (QED) is 0.278. The molecule has 0 radical (unpaired) electrons. The molecule has 0 saturated carbocycles. The van der Waals surface area contributed by atoms with E-state index in [1.165, 1.54) is 13.2 Å². The number of benzene rings is 3. The van der Waals surface area contributed by atoms with E-state index in [-0.39, 0.29) is 17.3 Å². The highest BCUT2D eigenvalue weighted by Crippen LogP contribution is 2.38. The van der Waals surface area contributed by atoms with E-state index in [1.807, 2.05) is 38.4 Å². The number of carbonyl (C=O) groups is 1. The Bertz CT molecular complexity index is 1240. The number of nitro groups is 1. The van der Waals surface area contributed by atoms with E-state index < -0.39 is 4.92 Å². The average molecular weight is 463 g/mol. The molecule has 176 valence electrons. The van der Waals surface area contributed by atoms with Gasteiger partial charge in [-0.05, 0) is 68.0 Å². The second-order valence-electron chi connectivity index (χ2n) is 8.20. The molecule has 34 heavy (non-hydrogen) atoms. The van der Waals surface area contributed by atoms with Gasteiger partial charge in [-0.3, -0.25) is 14.9 Å². The molecule has 1 aliphatic rings. The van der Waals surface area contributed by atoms with Gasteiger partial charge in [0.05, 0.1) is 41.3 Å². The number of methoxy groups -OCH3 is 1. The fourth-order valence-corrected chi connectivity index (χ4v) is 3.76. The molecule has 0 spiro atoms. The van der Waals surface area contributed by atoms with Crippen molar-refractivity contribution < 1.29 is 19.2 Å². The minimum absolute atomic E-state index is 0.104. The zero-order valence-corrected chi connectivity index (χ0v) is 19.3. The average Bonchev–Trinajstić information content (AvgIpc) is 2.96. The topological polar surface area (TPSA) is 106 Å². The van der Waals surface area contributed by atoms with Crippen molar-refractivity contribution in [2.24, 2.45) is 0 Å². The largest absolute Gasteiger partial charge is 0.493 e. The van der Waals surface area contributed by atoms with Crippen molar-refractivity contribution >= 4 is 28.7 Å². The van der Waals surface area contributed by atoms with Gasteiger partial charge >= 0.3 is 5.69 Å². The maximum atomic E-state index is 12.9. The number of nitrogens with one attached hydrogen (secondary N) is 2. The van der Waals surface area contributed by atoms with Gasteiger partial charge < -0.3 is 25.0 Å². The smallest absolute Gasteiger partial charge is 0.310 e. The standard InChI is InChI=1S/C25H26N4O5/c1-28(2)11-4-12-34-18-7-9-20-22(15-18)27-25(30)19-8-5-16(13-21(19)26-20)17-6-10-23(29(31)32)24(14-17)33-3/h5-10,13-15,26H,4,11-12H2,1-3H3,(H,27,30). The van der Waals surface area contributed by atoms with Crippen LogP contribution in [0.4, 0.5) is 22.7 Å². The molecular formula is C25H26N4O5. The normalized spacial score (nSPS) is 12.2. The molecule has 0 fully saturated rings. The number of nitro benzene ring substituents is 1. The number of rotatable bonds is 8. The number of nitrogens with zero attached hydrogens (tertiary/aromatic N) is 2. The number of ether oxygens (including phenoxy) is 2. The van der Waals surface area contributed by atoms with Crippen LogP contribution in [0.15, 0.2) is 54.6 Å². The summed E-state index contributed by atoms with van der Waals surface area (Å²) >= 11 is 0. The maximum Gasteiger partial charge on any atom is 0.310 e. The predicted molar refractivity (Wildman–Crippen MR) is 131 cm³/mol. The van der Waals surface area contributed by atoms with Crippen LogP contribution in [0, 0.1) is 10.1 Å². The van der Waals surface area contributed by atoms with Crippen LogP contribution in [-0.4, -0.2) is 50.1 Å². The van der Waals surface area contributed by atoms with Crippen LogP contribution in [0.25, 0.3) is 11.1 Å². The molecule has 0 saturated heterocycles. The lowest BCUT2D eigenvalue weighted by atomic mass is 10.0. The molecule has 9 nitrogen and oxygen atoms in total. The molecule has 0 atom stereocenters. The van der Waals surface area contributed by atoms with Gasteiger partial charge in [-0.2, -0.15) is 0 Å². The Kier molecular flexibility index (Phi) is 6.65. The summed E-state index contributed by atoms with van der Waals surface area (Å²) in [5, 5.41) is 17.5. The van der Waals surface area contributed by atoms with Gasteiger partial charge in [0.25, 0.3) is 5.91 Å². The van der Waals surface area contributed by atoms with Gasteiger partial charge in [-0.1, -0.05) is 6.07 Å². The van der Waals surface area contributed by atoms with Gasteiger partial charge in [0, 0.05) is 18.7 Å². The van der Waals surface area contributed by atoms with E-state index in [0.29, 0.717) is 29.3 Å². The molecule has 9 heteroatoms. The second-order valence-corrected chi connectivity index (χ2v) is 8.20. The molecule has 0 unspecified atom stereocenters. The monoisotopic (exact) mass is 462 g/mol. The van der Waals surface area contributed by atoms with Crippen LogP contribution < -0.4 is 20.1 Å². The fraction of sp³-hybridized carbons (Fsp3) is 0.240. The highest BCUT2D eigenvalue weighted by molar-refractivity contribution is 6.12. The number of carbonyl (C=O) groups excluding carboxylic acids is 1. The van der Waals surface area contributed by atoms with E-state index >= 15 is 0 Å². The highest BCUT2D eigenvalue weighted by Gasteiger charge is 2.21. The van der Waals surface area contributed by atoms with Crippen molar-refractivity contribution in [3.63, 3.8) is 0 Å². The first-order valence-electron chi connectivity index (χ1n) is 10.8. The Hall–Kier alpha value is -4.11. The van der Waals surface area contributed by atoms with Crippen molar-refractivity contribution in [1.29, 1.82) is 0 Å². The molecule has 0 aliphatic carbocycles. The molecule has 3 aromatic rings. The van der Waals surface area contributed by atoms with Crippen LogP contribution >= 0.6 is 0 Å². The fourth-order valence-electron chi connectivity index (χ4n) is 3.76. The van der Waals surface area contributed by atoms with E-state index in [4.69, 9.17) is 9.47 Å². The summed E-state index contributed by atoms with van der Waals surface area (Å²) in [5.74, 6) is 0.620. The Morgan fingerprint density at radius 1 is 0.941 bits per heavy atom. The molecule has 1 amide bonds. The molecule has 0 aromatic heterocycles. The molecule has 0 bridgehead atoms. The Balaban J connectivity index is 1.59. The summed E-state index contributed by atoms with van der Waals surface area (Å²) in [4.78, 5) is 25.7. The molecule has 1 aliphatic heterocycles. The Morgan fingerprint density at radius 2 is 1.71 bits per heavy atom. The van der Waals surface area contributed by atoms with E-state index in [1.54, 1.807) is 24.3 Å². The first kappa shape index (κ1) is 23.1. The predicted octanol–water partition coefficient (Wildman–Crippen LogP) is 4.91. The van der Waals surface area contributed by atoms with Crippen molar-refractivity contribution in [1.82, 2.24) is 4.90 Å². The number of hydrogen-bond acceptors (Lipinski definition) is 7. The molecule has 2 N–H and O–H groups in total. The summed E-state index contributed by atoms with van der Waals surface area (Å²) < 4.78 is 11.0. The lowest BCUT2D eigenvalue weighted by Crippen LogP contribution is -2.15. The molecule has 4 rings (SSSR count). The molecular weight excluding hydrogens is 436 g/mol. The van der Waals surface area contributed by atoms with Crippen LogP contribution in [0.2, 0.25) is 0 Å². The number of fused-ring (bicyclic) bond motifs is 2. The zero-order chi connectivity index (χ0) is 24.2. The van der Waals surface area contributed by atoms with E-state index in [2.05, 4.69) is 15.5 Å². The van der Waals surface area contributed by atoms with Crippen LogP contribution in [0.1, 0.15) is 16.8 Å². The van der Waals surface area contributed by atoms with E-state index in [0.717, 1.165) is 29.8 Å². The lowest BCUT2D eigenvalue weighted by Gasteiger charge is -2.13. The van der Waals surface area contributed by atoms with Gasteiger partial charge in [0.2, 0.25) is 0 Å². The summed E-state index contributed by atoms with van der Waals surface area (Å²) in [6.07, 6.45) is 0.899. The van der Waals surface area contributed by atoms with Crippen LogP contribution in [-0.2, 0) is 0 Å². The third-order valence-electron chi connectivity index (χ3n) is 5.50. The van der Waals surface area contributed by atoms with Gasteiger partial charge in [-0.25, -0.2) is 0 Å². The minimum atomic E-state index is -0.483. The van der Waals surface area contributed by atoms with Gasteiger partial charge in [-0.15, -0.1) is 0 Å². The Morgan fingerprint density at radius 3 is 2.44 bits per heavy atom. The summed E-state index contributed by atoms with van der Waals surface area (Å²) in [7, 11) is 5.43. The second kappa shape index (κ2) is 9.80. The molecule has 3 aromatic carbocycles. The number of anilines is 3. The van der Waals surface area contributed by atoms with Crippen LogP contribution in [0.5, 0.6) is 11.5 Å². The van der Waals surface area contributed by atoms with Gasteiger partial charge in [0.15, 0.2) is 5.75 Å². The SMILES string of the molecule is COc1cc(-c2ccc3c(c2)Nc2ccc(OCCCN(C)C)cc2NC3=O)ccc1[N+](=O)[O-]. The first-order chi connectivity index (χ1) is 16.4. The molecule has 1 heterocycles. The lowest BCUT2D eigenvalue weighted by molar-refractivity contribution is -0.385. The zero-order valence-electron chi connectivity index (χ0n) is 19.3. The highest BCUT2D eigenvalue weighted by atomic mass is 16.6. The number of hydrogen-bond donors (Lipinski definition) is 2. The number of amides is 1. The van der Waals surface area contributed by atoms with Crippen LogP contribution in [0.3, 0.4) is 0 Å². The third-order valence-corrected chi connectivity index (χ3v) is 5.50. The van der Waals surface area contributed by atoms with Gasteiger partial charge in [0.1, 0.15) is 5.75 Å². The summed E-state index contributed by atoms with van der Waals surface area (Å²) in [6, 6.07) is 15.6. The van der Waals surface area contributed by atoms with Crippen molar-refractivity contribution in [2.45, 2.75) is 6.42 Å². The summed E-state index contributed by atoms with van der Waals surface area (Å²) in [5.41, 5.74) is 3.91. The van der Waals surface area contributed by atoms with Crippen molar-refractivity contribution in [2.75, 3.05) is 45.0 Å². The third kappa shape index (κ3) is 4.94. The maximum absolute atomic E-state index is 12.9. The van der Waals surface area contributed by atoms with E-state index in [9.17, 15) is 14.9 Å². The Labute approximate surface area is 197 Å². The minimum Gasteiger partial charge on any atom is -0.493 e.